The fourth-order valence-corrected chi connectivity index (χ4v) is 1.59. The maximum absolute atomic E-state index is 11.7. The van der Waals surface area contributed by atoms with Crippen LogP contribution in [-0.2, 0) is 4.79 Å². The van der Waals surface area contributed by atoms with Gasteiger partial charge in [-0.1, -0.05) is 13.8 Å². The lowest BCUT2D eigenvalue weighted by Gasteiger charge is -2.17. The largest absolute Gasteiger partial charge is 0.345 e. The molecule has 0 aliphatic heterocycles. The molecule has 1 amide bonds. The molecule has 1 aliphatic carbocycles. The predicted octanol–water partition coefficient (Wildman–Crippen LogP) is 0.840. The molecule has 13 heavy (non-hydrogen) atoms. The molecule has 3 nitrogen and oxygen atoms in total. The van der Waals surface area contributed by atoms with Crippen molar-refractivity contribution >= 4 is 5.91 Å². The van der Waals surface area contributed by atoms with Gasteiger partial charge in [-0.25, -0.2) is 0 Å². The van der Waals surface area contributed by atoms with Crippen molar-refractivity contribution in [1.29, 1.82) is 0 Å². The molecule has 0 spiro atoms. The molecule has 1 aliphatic rings. The van der Waals surface area contributed by atoms with Crippen molar-refractivity contribution in [3.63, 3.8) is 0 Å². The van der Waals surface area contributed by atoms with E-state index in [0.29, 0.717) is 12.5 Å². The lowest BCUT2D eigenvalue weighted by Crippen LogP contribution is -2.31. The van der Waals surface area contributed by atoms with E-state index < -0.39 is 0 Å². The zero-order valence-electron chi connectivity index (χ0n) is 8.84. The fourth-order valence-electron chi connectivity index (χ4n) is 1.59. The molecule has 1 saturated carbocycles. The van der Waals surface area contributed by atoms with Crippen LogP contribution in [0.2, 0.25) is 0 Å². The molecule has 0 aromatic rings. The molecule has 76 valence electrons. The smallest absolute Gasteiger partial charge is 0.225 e. The van der Waals surface area contributed by atoms with Crippen molar-refractivity contribution in [3.8, 4) is 0 Å². The molecule has 1 atom stereocenters. The van der Waals surface area contributed by atoms with Gasteiger partial charge in [-0.05, 0) is 24.8 Å². The predicted molar refractivity (Wildman–Crippen MR) is 53.2 cm³/mol. The Kier molecular flexibility index (Phi) is 2.96. The fraction of sp³-hybridized carbons (Fsp3) is 0.900. The van der Waals surface area contributed by atoms with Crippen LogP contribution in [0.3, 0.4) is 0 Å². The Morgan fingerprint density at radius 2 is 2.15 bits per heavy atom. The number of carbonyl (C=O) groups excluding carboxylic acids is 1. The summed E-state index contributed by atoms with van der Waals surface area (Å²) in [6.45, 7) is 5.74. The van der Waals surface area contributed by atoms with Crippen LogP contribution in [0.5, 0.6) is 0 Å². The number of carbonyl (C=O) groups is 1. The van der Waals surface area contributed by atoms with Gasteiger partial charge in [0.05, 0.1) is 0 Å². The van der Waals surface area contributed by atoms with Crippen molar-refractivity contribution in [2.75, 3.05) is 20.1 Å². The van der Waals surface area contributed by atoms with Crippen molar-refractivity contribution in [2.24, 2.45) is 17.1 Å². The molecular formula is C10H20N2O. The molecule has 0 heterocycles. The van der Waals surface area contributed by atoms with Crippen LogP contribution in [-0.4, -0.2) is 30.9 Å². The normalized spacial score (nSPS) is 24.2. The minimum Gasteiger partial charge on any atom is -0.345 e. The van der Waals surface area contributed by atoms with Gasteiger partial charge in [-0.3, -0.25) is 4.79 Å². The van der Waals surface area contributed by atoms with Gasteiger partial charge in [0.1, 0.15) is 0 Å². The SMILES string of the molecule is CN(CCCN)C(=O)C1CC1(C)C. The first-order valence-electron chi connectivity index (χ1n) is 4.94. The van der Waals surface area contributed by atoms with E-state index in [4.69, 9.17) is 5.73 Å². The number of nitrogens with two attached hydrogens (primary N) is 1. The van der Waals surface area contributed by atoms with Gasteiger partial charge in [0.25, 0.3) is 0 Å². The van der Waals surface area contributed by atoms with Crippen molar-refractivity contribution in [2.45, 2.75) is 26.7 Å². The topological polar surface area (TPSA) is 46.3 Å². The minimum absolute atomic E-state index is 0.244. The van der Waals surface area contributed by atoms with Gasteiger partial charge in [0.2, 0.25) is 5.91 Å². The van der Waals surface area contributed by atoms with Gasteiger partial charge in [-0.2, -0.15) is 0 Å². The summed E-state index contributed by atoms with van der Waals surface area (Å²) >= 11 is 0. The molecule has 0 bridgehead atoms. The third-order valence-corrected chi connectivity index (χ3v) is 2.89. The zero-order valence-corrected chi connectivity index (χ0v) is 8.84. The number of nitrogens with zero attached hydrogens (tertiary/aromatic N) is 1. The van der Waals surface area contributed by atoms with E-state index in [-0.39, 0.29) is 11.3 Å². The van der Waals surface area contributed by atoms with E-state index in [2.05, 4.69) is 13.8 Å². The molecular weight excluding hydrogens is 164 g/mol. The summed E-state index contributed by atoms with van der Waals surface area (Å²) in [6.07, 6.45) is 1.94. The van der Waals surface area contributed by atoms with Crippen molar-refractivity contribution in [3.05, 3.63) is 0 Å². The highest BCUT2D eigenvalue weighted by Crippen LogP contribution is 2.52. The molecule has 0 radical (unpaired) electrons. The van der Waals surface area contributed by atoms with Gasteiger partial charge in [0, 0.05) is 19.5 Å². The number of hydrogen-bond donors (Lipinski definition) is 1. The number of amides is 1. The van der Waals surface area contributed by atoms with E-state index in [9.17, 15) is 4.79 Å². The highest BCUT2D eigenvalue weighted by Gasteiger charge is 2.51. The Labute approximate surface area is 80.3 Å². The average molecular weight is 184 g/mol. The lowest BCUT2D eigenvalue weighted by molar-refractivity contribution is -0.132. The van der Waals surface area contributed by atoms with Crippen LogP contribution in [0.15, 0.2) is 0 Å². The lowest BCUT2D eigenvalue weighted by atomic mass is 10.1. The van der Waals surface area contributed by atoms with Crippen molar-refractivity contribution < 1.29 is 4.79 Å². The number of rotatable bonds is 4. The molecule has 3 heteroatoms. The van der Waals surface area contributed by atoms with Gasteiger partial charge in [0.15, 0.2) is 0 Å². The van der Waals surface area contributed by atoms with E-state index >= 15 is 0 Å². The standard InChI is InChI=1S/C10H20N2O/c1-10(2)7-8(10)9(13)12(3)6-4-5-11/h8H,4-7,11H2,1-3H3. The summed E-state index contributed by atoms with van der Waals surface area (Å²) < 4.78 is 0. The summed E-state index contributed by atoms with van der Waals surface area (Å²) in [7, 11) is 1.87. The van der Waals surface area contributed by atoms with Crippen molar-refractivity contribution in [1.82, 2.24) is 4.90 Å². The van der Waals surface area contributed by atoms with Crippen LogP contribution >= 0.6 is 0 Å². The van der Waals surface area contributed by atoms with Gasteiger partial charge in [-0.15, -0.1) is 0 Å². The molecule has 1 rings (SSSR count). The second kappa shape index (κ2) is 3.66. The highest BCUT2D eigenvalue weighted by molar-refractivity contribution is 5.82. The summed E-state index contributed by atoms with van der Waals surface area (Å²) in [5.74, 6) is 0.550. The van der Waals surface area contributed by atoms with E-state index in [1.165, 1.54) is 0 Å². The molecule has 0 saturated heterocycles. The molecule has 1 fully saturated rings. The quantitative estimate of drug-likeness (QED) is 0.703. The Bertz CT molecular complexity index is 201. The Balaban J connectivity index is 2.32. The van der Waals surface area contributed by atoms with E-state index in [1.54, 1.807) is 0 Å². The Hall–Kier alpha value is -0.570. The monoisotopic (exact) mass is 184 g/mol. The highest BCUT2D eigenvalue weighted by atomic mass is 16.2. The first-order valence-corrected chi connectivity index (χ1v) is 4.94. The zero-order chi connectivity index (χ0) is 10.1. The Morgan fingerprint density at radius 1 is 1.62 bits per heavy atom. The van der Waals surface area contributed by atoms with E-state index in [1.807, 2.05) is 11.9 Å². The molecule has 0 aromatic carbocycles. The van der Waals surface area contributed by atoms with Gasteiger partial charge >= 0.3 is 0 Å². The summed E-state index contributed by atoms with van der Waals surface area (Å²) in [6, 6.07) is 0. The minimum atomic E-state index is 0.244. The Morgan fingerprint density at radius 3 is 2.54 bits per heavy atom. The maximum Gasteiger partial charge on any atom is 0.225 e. The van der Waals surface area contributed by atoms with Gasteiger partial charge < -0.3 is 10.6 Å². The molecule has 1 unspecified atom stereocenters. The van der Waals surface area contributed by atoms with Crippen LogP contribution in [0.25, 0.3) is 0 Å². The number of hydrogen-bond acceptors (Lipinski definition) is 2. The van der Waals surface area contributed by atoms with Crippen LogP contribution in [0.4, 0.5) is 0 Å². The summed E-state index contributed by atoms with van der Waals surface area (Å²) in [4.78, 5) is 13.5. The second-order valence-electron chi connectivity index (χ2n) is 4.65. The first-order chi connectivity index (χ1) is 5.99. The summed E-state index contributed by atoms with van der Waals surface area (Å²) in [5.41, 5.74) is 5.63. The maximum atomic E-state index is 11.7. The third-order valence-electron chi connectivity index (χ3n) is 2.89. The average Bonchev–Trinajstić information content (AvgIpc) is 2.69. The van der Waals surface area contributed by atoms with Crippen LogP contribution in [0.1, 0.15) is 26.7 Å². The second-order valence-corrected chi connectivity index (χ2v) is 4.65. The molecule has 2 N–H and O–H groups in total. The third kappa shape index (κ3) is 2.44. The first kappa shape index (κ1) is 10.5. The van der Waals surface area contributed by atoms with Crippen LogP contribution < -0.4 is 5.73 Å². The van der Waals surface area contributed by atoms with E-state index in [0.717, 1.165) is 19.4 Å². The van der Waals surface area contributed by atoms with Crippen LogP contribution in [0, 0.1) is 11.3 Å². The molecule has 0 aromatic heterocycles. The summed E-state index contributed by atoms with van der Waals surface area (Å²) in [5, 5.41) is 0.